The number of thioether (sulfide) groups is 1. The molecule has 0 aromatic carbocycles. The lowest BCUT2D eigenvalue weighted by molar-refractivity contribution is 0.0602. The second-order valence-electron chi connectivity index (χ2n) is 4.22. The van der Waals surface area contributed by atoms with E-state index in [9.17, 15) is 4.79 Å². The molecule has 1 aromatic heterocycles. The third-order valence-electron chi connectivity index (χ3n) is 3.09. The Labute approximate surface area is 118 Å². The fourth-order valence-electron chi connectivity index (χ4n) is 1.90. The predicted octanol–water partition coefficient (Wildman–Crippen LogP) is 2.03. The number of nitrogens with two attached hydrogens (primary N) is 1. The van der Waals surface area contributed by atoms with Crippen molar-refractivity contribution in [2.75, 3.05) is 36.8 Å². The summed E-state index contributed by atoms with van der Waals surface area (Å²) in [6.45, 7) is 2.12. The monoisotopic (exact) mass is 283 g/mol. The van der Waals surface area contributed by atoms with Gasteiger partial charge in [-0.25, -0.2) is 9.78 Å². The number of nitrogens with zero attached hydrogens (tertiary/aromatic N) is 2. The lowest BCUT2D eigenvalue weighted by Crippen LogP contribution is -2.34. The summed E-state index contributed by atoms with van der Waals surface area (Å²) in [6.07, 6.45) is 4.64. The summed E-state index contributed by atoms with van der Waals surface area (Å²) in [4.78, 5) is 17.9. The molecule has 0 bridgehead atoms. The van der Waals surface area contributed by atoms with Gasteiger partial charge in [0.25, 0.3) is 0 Å². The van der Waals surface area contributed by atoms with Crippen LogP contribution in [0.1, 0.15) is 23.7 Å². The lowest BCUT2D eigenvalue weighted by atomic mass is 10.2. The molecule has 0 fully saturated rings. The van der Waals surface area contributed by atoms with Crippen LogP contribution in [0.4, 0.5) is 11.5 Å². The fraction of sp³-hybridized carbons (Fsp3) is 0.538. The van der Waals surface area contributed by atoms with E-state index in [-0.39, 0.29) is 0 Å². The van der Waals surface area contributed by atoms with Gasteiger partial charge in [0.15, 0.2) is 5.82 Å². The standard InChI is InChI=1S/C13H21N3O2S/c1-5-9(8-19-4)16(2)12-11(14)10(6-7-15-12)13(17)18-3/h6-7,9H,5,8,14H2,1-4H3. The van der Waals surface area contributed by atoms with Crippen molar-refractivity contribution in [1.82, 2.24) is 4.98 Å². The molecule has 1 heterocycles. The van der Waals surface area contributed by atoms with Gasteiger partial charge in [0, 0.05) is 25.0 Å². The number of rotatable bonds is 6. The van der Waals surface area contributed by atoms with Crippen LogP contribution in [-0.2, 0) is 4.74 Å². The van der Waals surface area contributed by atoms with Crippen LogP contribution in [0.25, 0.3) is 0 Å². The summed E-state index contributed by atoms with van der Waals surface area (Å²) in [5.74, 6) is 1.17. The summed E-state index contributed by atoms with van der Waals surface area (Å²) in [5, 5.41) is 0. The van der Waals surface area contributed by atoms with Gasteiger partial charge < -0.3 is 15.4 Å². The molecule has 0 saturated heterocycles. The van der Waals surface area contributed by atoms with Crippen LogP contribution in [0.2, 0.25) is 0 Å². The van der Waals surface area contributed by atoms with E-state index in [2.05, 4.69) is 18.2 Å². The molecule has 19 heavy (non-hydrogen) atoms. The Morgan fingerprint density at radius 1 is 1.63 bits per heavy atom. The van der Waals surface area contributed by atoms with Crippen LogP contribution in [0, 0.1) is 0 Å². The minimum atomic E-state index is -0.438. The molecule has 1 unspecified atom stereocenters. The Bertz CT molecular complexity index is 440. The van der Waals surface area contributed by atoms with Crippen LogP contribution in [0.15, 0.2) is 12.3 Å². The first-order valence-corrected chi connectivity index (χ1v) is 7.50. The van der Waals surface area contributed by atoms with Crippen molar-refractivity contribution in [2.45, 2.75) is 19.4 Å². The normalized spacial score (nSPS) is 12.0. The van der Waals surface area contributed by atoms with E-state index in [0.717, 1.165) is 12.2 Å². The second-order valence-corrected chi connectivity index (χ2v) is 5.13. The molecule has 0 radical (unpaired) electrons. The van der Waals surface area contributed by atoms with Crippen LogP contribution >= 0.6 is 11.8 Å². The summed E-state index contributed by atoms with van der Waals surface area (Å²) >= 11 is 1.78. The molecule has 0 spiro atoms. The number of aromatic nitrogens is 1. The number of ether oxygens (including phenoxy) is 1. The SMILES string of the molecule is CCC(CSC)N(C)c1nccc(C(=O)OC)c1N. The molecule has 1 atom stereocenters. The highest BCUT2D eigenvalue weighted by atomic mass is 32.2. The molecule has 0 aliphatic carbocycles. The van der Waals surface area contributed by atoms with E-state index in [1.54, 1.807) is 24.0 Å². The zero-order valence-corrected chi connectivity index (χ0v) is 12.7. The van der Waals surface area contributed by atoms with E-state index in [0.29, 0.717) is 23.1 Å². The van der Waals surface area contributed by atoms with E-state index in [1.807, 2.05) is 11.9 Å². The maximum atomic E-state index is 11.6. The Morgan fingerprint density at radius 3 is 2.84 bits per heavy atom. The molecule has 6 heteroatoms. The van der Waals surface area contributed by atoms with E-state index >= 15 is 0 Å². The number of carbonyl (C=O) groups excluding carboxylic acids is 1. The molecule has 0 amide bonds. The fourth-order valence-corrected chi connectivity index (χ4v) is 2.74. The highest BCUT2D eigenvalue weighted by molar-refractivity contribution is 7.98. The third-order valence-corrected chi connectivity index (χ3v) is 3.80. The predicted molar refractivity (Wildman–Crippen MR) is 80.9 cm³/mol. The summed E-state index contributed by atoms with van der Waals surface area (Å²) < 4.78 is 4.72. The first-order chi connectivity index (χ1) is 9.06. The number of nitrogen functional groups attached to an aromatic ring is 1. The number of carbonyl (C=O) groups is 1. The lowest BCUT2D eigenvalue weighted by Gasteiger charge is -2.29. The van der Waals surface area contributed by atoms with Gasteiger partial charge in [-0.1, -0.05) is 6.92 Å². The molecule has 0 aliphatic rings. The zero-order chi connectivity index (χ0) is 14.4. The number of anilines is 2. The van der Waals surface area contributed by atoms with Gasteiger partial charge in [-0.3, -0.25) is 0 Å². The van der Waals surface area contributed by atoms with Crippen molar-refractivity contribution in [3.63, 3.8) is 0 Å². The van der Waals surface area contributed by atoms with Crippen molar-refractivity contribution in [3.05, 3.63) is 17.8 Å². The Balaban J connectivity index is 3.09. The van der Waals surface area contributed by atoms with Crippen LogP contribution < -0.4 is 10.6 Å². The highest BCUT2D eigenvalue weighted by Crippen LogP contribution is 2.26. The molecule has 2 N–H and O–H groups in total. The Morgan fingerprint density at radius 2 is 2.32 bits per heavy atom. The van der Waals surface area contributed by atoms with Crippen molar-refractivity contribution < 1.29 is 9.53 Å². The van der Waals surface area contributed by atoms with Gasteiger partial charge in [-0.05, 0) is 18.7 Å². The topological polar surface area (TPSA) is 68.5 Å². The van der Waals surface area contributed by atoms with E-state index < -0.39 is 5.97 Å². The number of pyridine rings is 1. The highest BCUT2D eigenvalue weighted by Gasteiger charge is 2.20. The third kappa shape index (κ3) is 3.53. The average molecular weight is 283 g/mol. The molecule has 0 saturated carbocycles. The summed E-state index contributed by atoms with van der Waals surface area (Å²) in [6, 6.07) is 1.91. The van der Waals surface area contributed by atoms with Crippen LogP contribution in [0.5, 0.6) is 0 Å². The molecular weight excluding hydrogens is 262 g/mol. The maximum Gasteiger partial charge on any atom is 0.340 e. The van der Waals surface area contributed by atoms with Crippen molar-refractivity contribution >= 4 is 29.2 Å². The van der Waals surface area contributed by atoms with Gasteiger partial charge in [-0.2, -0.15) is 11.8 Å². The van der Waals surface area contributed by atoms with Gasteiger partial charge in [0.2, 0.25) is 0 Å². The minimum Gasteiger partial charge on any atom is -0.465 e. The summed E-state index contributed by atoms with van der Waals surface area (Å²) in [5.41, 5.74) is 6.77. The molecule has 0 aliphatic heterocycles. The number of hydrogen-bond donors (Lipinski definition) is 1. The molecule has 1 rings (SSSR count). The average Bonchev–Trinajstić information content (AvgIpc) is 2.43. The second kappa shape index (κ2) is 7.23. The summed E-state index contributed by atoms with van der Waals surface area (Å²) in [7, 11) is 3.29. The molecule has 106 valence electrons. The Kier molecular flexibility index (Phi) is 5.95. The maximum absolute atomic E-state index is 11.6. The van der Waals surface area contributed by atoms with Crippen molar-refractivity contribution in [3.8, 4) is 0 Å². The number of methoxy groups -OCH3 is 1. The number of hydrogen-bond acceptors (Lipinski definition) is 6. The van der Waals surface area contributed by atoms with Gasteiger partial charge in [-0.15, -0.1) is 0 Å². The number of esters is 1. The van der Waals surface area contributed by atoms with E-state index in [1.165, 1.54) is 7.11 Å². The molecule has 5 nitrogen and oxygen atoms in total. The Hall–Kier alpha value is -1.43. The van der Waals surface area contributed by atoms with Crippen molar-refractivity contribution in [1.29, 1.82) is 0 Å². The van der Waals surface area contributed by atoms with Gasteiger partial charge in [0.05, 0.1) is 18.4 Å². The molecular formula is C13H21N3O2S. The van der Waals surface area contributed by atoms with Gasteiger partial charge in [0.1, 0.15) is 0 Å². The largest absolute Gasteiger partial charge is 0.465 e. The first-order valence-electron chi connectivity index (χ1n) is 6.11. The smallest absolute Gasteiger partial charge is 0.340 e. The molecule has 1 aromatic rings. The van der Waals surface area contributed by atoms with Crippen LogP contribution in [0.3, 0.4) is 0 Å². The van der Waals surface area contributed by atoms with Crippen LogP contribution in [-0.4, -0.2) is 43.2 Å². The first kappa shape index (κ1) is 15.6. The minimum absolute atomic E-state index is 0.331. The van der Waals surface area contributed by atoms with E-state index in [4.69, 9.17) is 10.5 Å². The van der Waals surface area contributed by atoms with Crippen molar-refractivity contribution in [2.24, 2.45) is 0 Å². The quantitative estimate of drug-likeness (QED) is 0.806. The van der Waals surface area contributed by atoms with Gasteiger partial charge >= 0.3 is 5.97 Å². The zero-order valence-electron chi connectivity index (χ0n) is 11.8.